The Hall–Kier alpha value is -1.00. The Balaban J connectivity index is 2.09. The van der Waals surface area contributed by atoms with Crippen molar-refractivity contribution < 1.29 is 13.5 Å². The van der Waals surface area contributed by atoms with Gasteiger partial charge in [0.25, 0.3) is 5.92 Å². The number of ether oxygens (including phenoxy) is 1. The van der Waals surface area contributed by atoms with Crippen LogP contribution in [0.1, 0.15) is 37.0 Å². The van der Waals surface area contributed by atoms with Crippen molar-refractivity contribution in [1.82, 2.24) is 5.32 Å². The van der Waals surface area contributed by atoms with Gasteiger partial charge in [0.05, 0.1) is 12.7 Å². The van der Waals surface area contributed by atoms with Gasteiger partial charge < -0.3 is 10.1 Å². The molecule has 1 aromatic rings. The molecule has 0 radical (unpaired) electrons. The van der Waals surface area contributed by atoms with Crippen LogP contribution < -0.4 is 5.32 Å². The molecule has 1 N–H and O–H groups in total. The Kier molecular flexibility index (Phi) is 4.30. The Morgan fingerprint density at radius 2 is 2.06 bits per heavy atom. The Morgan fingerprint density at radius 1 is 1.33 bits per heavy atom. The van der Waals surface area contributed by atoms with E-state index in [1.807, 2.05) is 0 Å². The third kappa shape index (κ3) is 3.06. The van der Waals surface area contributed by atoms with Gasteiger partial charge in [-0.2, -0.15) is 0 Å². The Labute approximate surface area is 106 Å². The van der Waals surface area contributed by atoms with E-state index in [4.69, 9.17) is 4.74 Å². The van der Waals surface area contributed by atoms with E-state index in [1.54, 1.807) is 19.1 Å². The smallest absolute Gasteiger partial charge is 0.273 e. The van der Waals surface area contributed by atoms with Crippen molar-refractivity contribution in [2.75, 3.05) is 19.7 Å². The maximum absolute atomic E-state index is 13.7. The summed E-state index contributed by atoms with van der Waals surface area (Å²) in [5, 5.41) is 3.23. The number of hydrogen-bond donors (Lipinski definition) is 1. The zero-order chi connectivity index (χ0) is 13.0. The third-order valence-corrected chi connectivity index (χ3v) is 3.20. The maximum Gasteiger partial charge on any atom is 0.273 e. The van der Waals surface area contributed by atoms with Gasteiger partial charge in [0.15, 0.2) is 0 Å². The van der Waals surface area contributed by atoms with E-state index in [0.29, 0.717) is 13.0 Å². The van der Waals surface area contributed by atoms with E-state index in [9.17, 15) is 8.78 Å². The minimum atomic E-state index is -2.72. The lowest BCUT2D eigenvalue weighted by Crippen LogP contribution is -2.33. The summed E-state index contributed by atoms with van der Waals surface area (Å²) >= 11 is 0. The molecule has 0 bridgehead atoms. The summed E-state index contributed by atoms with van der Waals surface area (Å²) < 4.78 is 33.0. The molecule has 1 saturated heterocycles. The third-order valence-electron chi connectivity index (χ3n) is 3.20. The standard InChI is InChI=1S/C14H19F2NO/c1-2-7-14(15,16)12-5-3-11(4-6-12)13-10-17-8-9-18-13/h3-6,13,17H,2,7-10H2,1H3. The summed E-state index contributed by atoms with van der Waals surface area (Å²) in [4.78, 5) is 0. The highest BCUT2D eigenvalue weighted by molar-refractivity contribution is 5.27. The van der Waals surface area contributed by atoms with Gasteiger partial charge in [0.2, 0.25) is 0 Å². The number of rotatable bonds is 4. The molecule has 0 amide bonds. The number of morpholine rings is 1. The minimum Gasteiger partial charge on any atom is -0.371 e. The van der Waals surface area contributed by atoms with Crippen LogP contribution in [-0.2, 0) is 10.7 Å². The molecule has 0 aliphatic carbocycles. The van der Waals surface area contributed by atoms with Crippen LogP contribution >= 0.6 is 0 Å². The molecule has 1 aromatic carbocycles. The fraction of sp³-hybridized carbons (Fsp3) is 0.571. The van der Waals surface area contributed by atoms with Gasteiger partial charge in [-0.05, 0) is 5.56 Å². The largest absolute Gasteiger partial charge is 0.371 e. The molecule has 0 spiro atoms. The average molecular weight is 255 g/mol. The van der Waals surface area contributed by atoms with E-state index in [1.165, 1.54) is 12.1 Å². The molecule has 18 heavy (non-hydrogen) atoms. The fourth-order valence-electron chi connectivity index (χ4n) is 2.18. The summed E-state index contributed by atoms with van der Waals surface area (Å²) in [5.41, 5.74) is 1.05. The normalized spacial score (nSPS) is 20.9. The number of alkyl halides is 2. The van der Waals surface area contributed by atoms with Gasteiger partial charge in [0, 0.05) is 25.1 Å². The first-order chi connectivity index (χ1) is 8.63. The van der Waals surface area contributed by atoms with Crippen LogP contribution in [0, 0.1) is 0 Å². The van der Waals surface area contributed by atoms with Crippen LogP contribution in [0.5, 0.6) is 0 Å². The molecule has 1 unspecified atom stereocenters. The van der Waals surface area contributed by atoms with Gasteiger partial charge in [-0.25, -0.2) is 8.78 Å². The van der Waals surface area contributed by atoms with E-state index in [0.717, 1.165) is 18.7 Å². The first-order valence-corrected chi connectivity index (χ1v) is 6.44. The molecular weight excluding hydrogens is 236 g/mol. The number of nitrogens with one attached hydrogen (secondary N) is 1. The zero-order valence-corrected chi connectivity index (χ0v) is 10.6. The van der Waals surface area contributed by atoms with Crippen molar-refractivity contribution in [1.29, 1.82) is 0 Å². The summed E-state index contributed by atoms with van der Waals surface area (Å²) in [6.07, 6.45) is 0.353. The molecular formula is C14H19F2NO. The predicted octanol–water partition coefficient (Wildman–Crippen LogP) is 3.24. The molecule has 0 saturated carbocycles. The van der Waals surface area contributed by atoms with Crippen LogP contribution in [0.4, 0.5) is 8.78 Å². The number of benzene rings is 1. The monoisotopic (exact) mass is 255 g/mol. The number of halogens is 2. The molecule has 0 aromatic heterocycles. The summed E-state index contributed by atoms with van der Waals surface area (Å²) in [6, 6.07) is 6.53. The lowest BCUT2D eigenvalue weighted by molar-refractivity contribution is -0.0142. The highest BCUT2D eigenvalue weighted by atomic mass is 19.3. The van der Waals surface area contributed by atoms with Gasteiger partial charge in [-0.15, -0.1) is 0 Å². The van der Waals surface area contributed by atoms with Crippen molar-refractivity contribution in [3.63, 3.8) is 0 Å². The van der Waals surface area contributed by atoms with Crippen molar-refractivity contribution in [2.45, 2.75) is 31.8 Å². The number of hydrogen-bond acceptors (Lipinski definition) is 2. The average Bonchev–Trinajstić information content (AvgIpc) is 2.40. The van der Waals surface area contributed by atoms with Crippen molar-refractivity contribution in [3.8, 4) is 0 Å². The molecule has 1 aliphatic heterocycles. The molecule has 2 nitrogen and oxygen atoms in total. The van der Waals surface area contributed by atoms with Crippen LogP contribution in [0.25, 0.3) is 0 Å². The molecule has 1 fully saturated rings. The molecule has 1 heterocycles. The van der Waals surface area contributed by atoms with E-state index in [2.05, 4.69) is 5.32 Å². The molecule has 100 valence electrons. The summed E-state index contributed by atoms with van der Waals surface area (Å²) in [5.74, 6) is -2.72. The Bertz CT molecular complexity index is 372. The van der Waals surface area contributed by atoms with Gasteiger partial charge in [-0.1, -0.05) is 37.6 Å². The van der Waals surface area contributed by atoms with Gasteiger partial charge in [0.1, 0.15) is 0 Å². The van der Waals surface area contributed by atoms with Crippen LogP contribution in [0.15, 0.2) is 24.3 Å². The molecule has 2 rings (SSSR count). The lowest BCUT2D eigenvalue weighted by Gasteiger charge is -2.24. The van der Waals surface area contributed by atoms with Crippen LogP contribution in [0.3, 0.4) is 0 Å². The van der Waals surface area contributed by atoms with E-state index in [-0.39, 0.29) is 18.1 Å². The zero-order valence-electron chi connectivity index (χ0n) is 10.6. The van der Waals surface area contributed by atoms with Crippen LogP contribution in [0.2, 0.25) is 0 Å². The quantitative estimate of drug-likeness (QED) is 0.891. The fourth-order valence-corrected chi connectivity index (χ4v) is 2.18. The molecule has 1 aliphatic rings. The first-order valence-electron chi connectivity index (χ1n) is 6.44. The van der Waals surface area contributed by atoms with Gasteiger partial charge in [-0.3, -0.25) is 0 Å². The second kappa shape index (κ2) is 5.76. The topological polar surface area (TPSA) is 21.3 Å². The first kappa shape index (κ1) is 13.4. The maximum atomic E-state index is 13.7. The van der Waals surface area contributed by atoms with Crippen LogP contribution in [-0.4, -0.2) is 19.7 Å². The lowest BCUT2D eigenvalue weighted by atomic mass is 10.0. The second-order valence-corrected chi connectivity index (χ2v) is 4.64. The molecule has 4 heteroatoms. The van der Waals surface area contributed by atoms with Crippen molar-refractivity contribution in [2.24, 2.45) is 0 Å². The SMILES string of the molecule is CCCC(F)(F)c1ccc(C2CNCCO2)cc1. The molecule has 1 atom stereocenters. The summed E-state index contributed by atoms with van der Waals surface area (Å²) in [6.45, 7) is 4.02. The second-order valence-electron chi connectivity index (χ2n) is 4.64. The van der Waals surface area contributed by atoms with Gasteiger partial charge >= 0.3 is 0 Å². The highest BCUT2D eigenvalue weighted by Crippen LogP contribution is 2.33. The highest BCUT2D eigenvalue weighted by Gasteiger charge is 2.30. The van der Waals surface area contributed by atoms with E-state index < -0.39 is 5.92 Å². The van der Waals surface area contributed by atoms with E-state index >= 15 is 0 Å². The van der Waals surface area contributed by atoms with Crippen molar-refractivity contribution >= 4 is 0 Å². The predicted molar refractivity (Wildman–Crippen MR) is 66.8 cm³/mol. The minimum absolute atomic E-state index is 0.0207. The Morgan fingerprint density at radius 3 is 2.61 bits per heavy atom. The summed E-state index contributed by atoms with van der Waals surface area (Å²) in [7, 11) is 0. The van der Waals surface area contributed by atoms with Crippen molar-refractivity contribution in [3.05, 3.63) is 35.4 Å².